The van der Waals surface area contributed by atoms with E-state index in [0.717, 1.165) is 48.2 Å². The Hall–Kier alpha value is -1.95. The van der Waals surface area contributed by atoms with Crippen molar-refractivity contribution in [2.24, 2.45) is 0 Å². The van der Waals surface area contributed by atoms with E-state index in [1.807, 2.05) is 40.8 Å². The maximum atomic E-state index is 12.8. The largest absolute Gasteiger partial charge is 0.355 e. The zero-order valence-electron chi connectivity index (χ0n) is 16.1. The van der Waals surface area contributed by atoms with Gasteiger partial charge in [-0.05, 0) is 25.3 Å². The number of likely N-dealkylation sites (tertiary alicyclic amines) is 1. The Balaban J connectivity index is 1.72. The lowest BCUT2D eigenvalue weighted by Crippen LogP contribution is -2.34. The molecule has 0 saturated carbocycles. The zero-order chi connectivity index (χ0) is 19.1. The van der Waals surface area contributed by atoms with E-state index >= 15 is 0 Å². The summed E-state index contributed by atoms with van der Waals surface area (Å²) < 4.78 is 2.04. The number of carbonyl (C=O) groups excluding carboxylic acids is 2. The molecule has 0 atom stereocenters. The fourth-order valence-corrected chi connectivity index (χ4v) is 4.40. The highest BCUT2D eigenvalue weighted by molar-refractivity contribution is 8.00. The Morgan fingerprint density at radius 2 is 1.85 bits per heavy atom. The summed E-state index contributed by atoms with van der Waals surface area (Å²) in [4.78, 5) is 27.8. The van der Waals surface area contributed by atoms with Gasteiger partial charge in [0.25, 0.3) is 0 Å². The summed E-state index contributed by atoms with van der Waals surface area (Å²) in [5.41, 5.74) is 1.05. The Bertz CT molecular complexity index is 779. The van der Waals surface area contributed by atoms with Gasteiger partial charge in [-0.15, -0.1) is 11.8 Å². The minimum absolute atomic E-state index is 0.0549. The molecule has 5 nitrogen and oxygen atoms in total. The third kappa shape index (κ3) is 5.28. The molecule has 0 spiro atoms. The quantitative estimate of drug-likeness (QED) is 0.738. The number of fused-ring (bicyclic) bond motifs is 1. The van der Waals surface area contributed by atoms with E-state index < -0.39 is 0 Å². The highest BCUT2D eigenvalue weighted by Crippen LogP contribution is 2.30. The van der Waals surface area contributed by atoms with Crippen LogP contribution in [0.15, 0.2) is 35.4 Å². The van der Waals surface area contributed by atoms with Gasteiger partial charge in [-0.25, -0.2) is 0 Å². The zero-order valence-corrected chi connectivity index (χ0v) is 16.9. The lowest BCUT2D eigenvalue weighted by Gasteiger charge is -2.20. The predicted octanol–water partition coefficient (Wildman–Crippen LogP) is 3.66. The molecule has 1 aliphatic heterocycles. The molecule has 146 valence electrons. The predicted molar refractivity (Wildman–Crippen MR) is 111 cm³/mol. The van der Waals surface area contributed by atoms with Crippen LogP contribution in [0.3, 0.4) is 0 Å². The first-order chi connectivity index (χ1) is 13.2. The number of hydrogen-bond acceptors (Lipinski definition) is 3. The highest BCUT2D eigenvalue weighted by atomic mass is 32.2. The summed E-state index contributed by atoms with van der Waals surface area (Å²) >= 11 is 1.54. The van der Waals surface area contributed by atoms with Gasteiger partial charge in [-0.2, -0.15) is 0 Å². The molecule has 1 N–H and O–H groups in total. The molecular weight excluding hydrogens is 358 g/mol. The Morgan fingerprint density at radius 3 is 2.59 bits per heavy atom. The second kappa shape index (κ2) is 9.83. The molecule has 0 radical (unpaired) electrons. The molecule has 2 heterocycles. The first-order valence-corrected chi connectivity index (χ1v) is 10.9. The lowest BCUT2D eigenvalue weighted by atomic mass is 10.2. The molecule has 2 aromatic rings. The van der Waals surface area contributed by atoms with Gasteiger partial charge < -0.3 is 14.8 Å². The first-order valence-electron chi connectivity index (χ1n) is 9.94. The molecule has 1 saturated heterocycles. The molecule has 1 fully saturated rings. The molecule has 2 amide bonds. The molecule has 6 heteroatoms. The van der Waals surface area contributed by atoms with Crippen molar-refractivity contribution in [3.8, 4) is 0 Å². The average Bonchev–Trinajstić information content (AvgIpc) is 2.86. The van der Waals surface area contributed by atoms with Gasteiger partial charge in [0.2, 0.25) is 11.8 Å². The van der Waals surface area contributed by atoms with Gasteiger partial charge in [0.15, 0.2) is 0 Å². The molecule has 27 heavy (non-hydrogen) atoms. The number of nitrogens with zero attached hydrogens (tertiary/aromatic N) is 2. The topological polar surface area (TPSA) is 54.3 Å². The van der Waals surface area contributed by atoms with Crippen molar-refractivity contribution in [1.29, 1.82) is 0 Å². The number of amides is 2. The Labute approximate surface area is 165 Å². The number of hydrogen-bond donors (Lipinski definition) is 1. The van der Waals surface area contributed by atoms with Crippen LogP contribution < -0.4 is 5.32 Å². The number of nitrogens with one attached hydrogen (secondary N) is 1. The van der Waals surface area contributed by atoms with Gasteiger partial charge in [-0.3, -0.25) is 9.59 Å². The van der Waals surface area contributed by atoms with Crippen LogP contribution in [0, 0.1) is 0 Å². The number of carbonyl (C=O) groups is 2. The SMILES string of the molecule is CCCNC(=O)CSc1cn(CC(=O)N2CCCCCC2)c2ccccc12. The highest BCUT2D eigenvalue weighted by Gasteiger charge is 2.18. The van der Waals surface area contributed by atoms with Crippen molar-refractivity contribution in [1.82, 2.24) is 14.8 Å². The summed E-state index contributed by atoms with van der Waals surface area (Å²) in [7, 11) is 0. The molecule has 0 unspecified atom stereocenters. The molecule has 0 aliphatic carbocycles. The maximum absolute atomic E-state index is 12.8. The van der Waals surface area contributed by atoms with E-state index in [-0.39, 0.29) is 11.8 Å². The lowest BCUT2D eigenvalue weighted by molar-refractivity contribution is -0.131. The van der Waals surface area contributed by atoms with Gasteiger partial charge in [0.1, 0.15) is 6.54 Å². The number of aromatic nitrogens is 1. The fourth-order valence-electron chi connectivity index (χ4n) is 3.48. The standard InChI is InChI=1S/C21H29N3O2S/c1-2-11-22-20(25)16-27-19-14-24(18-10-6-5-9-17(18)19)15-21(26)23-12-7-3-4-8-13-23/h5-6,9-10,14H,2-4,7-8,11-13,15-16H2,1H3,(H,22,25). The van der Waals surface area contributed by atoms with Crippen molar-refractivity contribution in [3.05, 3.63) is 30.5 Å². The van der Waals surface area contributed by atoms with Gasteiger partial charge >= 0.3 is 0 Å². The van der Waals surface area contributed by atoms with E-state index in [9.17, 15) is 9.59 Å². The monoisotopic (exact) mass is 387 g/mol. The van der Waals surface area contributed by atoms with E-state index in [4.69, 9.17) is 0 Å². The van der Waals surface area contributed by atoms with Gasteiger partial charge in [0.05, 0.1) is 5.75 Å². The molecular formula is C21H29N3O2S. The van der Waals surface area contributed by atoms with Crippen molar-refractivity contribution in [2.75, 3.05) is 25.4 Å². The molecule has 1 aliphatic rings. The van der Waals surface area contributed by atoms with Crippen molar-refractivity contribution < 1.29 is 9.59 Å². The number of rotatable bonds is 7. The number of thioether (sulfide) groups is 1. The first kappa shape index (κ1) is 19.8. The van der Waals surface area contributed by atoms with Crippen molar-refractivity contribution in [3.63, 3.8) is 0 Å². The summed E-state index contributed by atoms with van der Waals surface area (Å²) in [5.74, 6) is 0.642. The third-order valence-corrected chi connectivity index (χ3v) is 5.99. The summed E-state index contributed by atoms with van der Waals surface area (Å²) in [6.45, 7) is 4.87. The maximum Gasteiger partial charge on any atom is 0.242 e. The minimum atomic E-state index is 0.0549. The van der Waals surface area contributed by atoms with Crippen LogP contribution in [0.1, 0.15) is 39.0 Å². The van der Waals surface area contributed by atoms with Crippen LogP contribution in [0.25, 0.3) is 10.9 Å². The molecule has 1 aromatic carbocycles. The Morgan fingerprint density at radius 1 is 1.11 bits per heavy atom. The van der Waals surface area contributed by atoms with Crippen LogP contribution in [0.4, 0.5) is 0 Å². The smallest absolute Gasteiger partial charge is 0.242 e. The summed E-state index contributed by atoms with van der Waals surface area (Å²) in [6, 6.07) is 8.11. The molecule has 0 bridgehead atoms. The third-order valence-electron chi connectivity index (χ3n) is 4.95. The van der Waals surface area contributed by atoms with Crippen LogP contribution in [0.2, 0.25) is 0 Å². The summed E-state index contributed by atoms with van der Waals surface area (Å²) in [5, 5.41) is 4.02. The van der Waals surface area contributed by atoms with Gasteiger partial charge in [0, 0.05) is 41.6 Å². The molecule has 1 aromatic heterocycles. The normalized spacial score (nSPS) is 14.9. The van der Waals surface area contributed by atoms with Crippen molar-refractivity contribution >= 4 is 34.5 Å². The molecule has 3 rings (SSSR count). The van der Waals surface area contributed by atoms with Crippen LogP contribution in [-0.2, 0) is 16.1 Å². The van der Waals surface area contributed by atoms with Crippen LogP contribution in [-0.4, -0.2) is 46.7 Å². The van der Waals surface area contributed by atoms with E-state index in [2.05, 4.69) is 11.4 Å². The second-order valence-corrected chi connectivity index (χ2v) is 8.09. The van der Waals surface area contributed by atoms with E-state index in [1.165, 1.54) is 24.6 Å². The Kier molecular flexibility index (Phi) is 7.21. The van der Waals surface area contributed by atoms with Crippen molar-refractivity contribution in [2.45, 2.75) is 50.5 Å². The number of benzene rings is 1. The van der Waals surface area contributed by atoms with Gasteiger partial charge in [-0.1, -0.05) is 38.0 Å². The average molecular weight is 388 g/mol. The van der Waals surface area contributed by atoms with Crippen LogP contribution in [0.5, 0.6) is 0 Å². The minimum Gasteiger partial charge on any atom is -0.355 e. The summed E-state index contributed by atoms with van der Waals surface area (Å²) in [6.07, 6.45) is 7.61. The fraction of sp³-hybridized carbons (Fsp3) is 0.524. The van der Waals surface area contributed by atoms with Crippen LogP contribution >= 0.6 is 11.8 Å². The second-order valence-electron chi connectivity index (χ2n) is 7.07. The van der Waals surface area contributed by atoms with E-state index in [1.54, 1.807) is 0 Å². The number of para-hydroxylation sites is 1. The van der Waals surface area contributed by atoms with E-state index in [0.29, 0.717) is 18.8 Å².